The van der Waals surface area contributed by atoms with E-state index in [0.717, 1.165) is 5.52 Å². The van der Waals surface area contributed by atoms with Crippen LogP contribution in [0.25, 0.3) is 11.0 Å². The fourth-order valence-corrected chi connectivity index (χ4v) is 1.36. The van der Waals surface area contributed by atoms with E-state index in [9.17, 15) is 4.79 Å². The molecule has 0 radical (unpaired) electrons. The molecule has 0 fully saturated rings. The van der Waals surface area contributed by atoms with Crippen LogP contribution < -0.4 is 0 Å². The molecule has 0 saturated heterocycles. The smallest absolute Gasteiger partial charge is 0.240 e. The monoisotopic (exact) mass is 188 g/mol. The van der Waals surface area contributed by atoms with Crippen molar-refractivity contribution in [3.8, 4) is 0 Å². The van der Waals surface area contributed by atoms with Crippen molar-refractivity contribution in [2.45, 2.75) is 6.92 Å². The van der Waals surface area contributed by atoms with Gasteiger partial charge >= 0.3 is 0 Å². The number of rotatable bonds is 1. The van der Waals surface area contributed by atoms with E-state index >= 15 is 0 Å². The molecule has 0 aliphatic heterocycles. The van der Waals surface area contributed by atoms with Crippen LogP contribution in [0.5, 0.6) is 0 Å². The first-order valence-electron chi connectivity index (χ1n) is 4.09. The lowest BCUT2D eigenvalue weighted by molar-refractivity contribution is 0.565. The van der Waals surface area contributed by atoms with Crippen molar-refractivity contribution < 1.29 is 4.79 Å². The summed E-state index contributed by atoms with van der Waals surface area (Å²) >= 11 is 0. The first kappa shape index (κ1) is 8.59. The highest BCUT2D eigenvalue weighted by Gasteiger charge is 2.07. The summed E-state index contributed by atoms with van der Waals surface area (Å²) in [7, 11) is 1.85. The Morgan fingerprint density at radius 2 is 2.36 bits per heavy atom. The van der Waals surface area contributed by atoms with E-state index in [0.29, 0.717) is 17.0 Å². The van der Waals surface area contributed by atoms with Crippen LogP contribution in [0.3, 0.4) is 0 Å². The molecule has 0 saturated carbocycles. The molecule has 0 aliphatic carbocycles. The van der Waals surface area contributed by atoms with Gasteiger partial charge in [-0.05, 0) is 6.92 Å². The van der Waals surface area contributed by atoms with E-state index in [2.05, 4.69) is 15.0 Å². The maximum Gasteiger partial charge on any atom is 0.240 e. The zero-order valence-electron chi connectivity index (χ0n) is 7.85. The SMILES string of the molecule is Cc1ncc2c(n1)c(N=C=O)cn2C. The Balaban J connectivity index is 2.85. The van der Waals surface area contributed by atoms with Crippen molar-refractivity contribution in [2.24, 2.45) is 12.0 Å². The van der Waals surface area contributed by atoms with Gasteiger partial charge in [0.2, 0.25) is 6.08 Å². The number of aromatic nitrogens is 3. The fraction of sp³-hybridized carbons (Fsp3) is 0.222. The molecule has 0 aromatic carbocycles. The minimum atomic E-state index is 0.531. The molecular formula is C9H8N4O. The minimum Gasteiger partial charge on any atom is -0.346 e. The van der Waals surface area contributed by atoms with Crippen LogP contribution in [0.2, 0.25) is 0 Å². The molecule has 2 heterocycles. The number of hydrogen-bond donors (Lipinski definition) is 0. The van der Waals surface area contributed by atoms with Gasteiger partial charge in [0, 0.05) is 13.2 Å². The van der Waals surface area contributed by atoms with Gasteiger partial charge in [0.1, 0.15) is 17.0 Å². The molecule has 2 aromatic heterocycles. The highest BCUT2D eigenvalue weighted by Crippen LogP contribution is 2.24. The number of nitrogens with zero attached hydrogens (tertiary/aromatic N) is 4. The van der Waals surface area contributed by atoms with Crippen LogP contribution in [-0.4, -0.2) is 20.6 Å². The van der Waals surface area contributed by atoms with Crippen LogP contribution in [0.4, 0.5) is 5.69 Å². The molecule has 0 atom stereocenters. The lowest BCUT2D eigenvalue weighted by Crippen LogP contribution is -1.89. The molecule has 0 spiro atoms. The molecule has 0 unspecified atom stereocenters. The number of hydrogen-bond acceptors (Lipinski definition) is 4. The van der Waals surface area contributed by atoms with Crippen molar-refractivity contribution >= 4 is 22.8 Å². The van der Waals surface area contributed by atoms with Gasteiger partial charge in [0.15, 0.2) is 0 Å². The number of aliphatic imine (C=N–C) groups is 1. The molecule has 5 nitrogen and oxygen atoms in total. The third-order valence-corrected chi connectivity index (χ3v) is 1.99. The van der Waals surface area contributed by atoms with Crippen molar-refractivity contribution in [1.82, 2.24) is 14.5 Å². The Hall–Kier alpha value is -2.00. The Morgan fingerprint density at radius 1 is 1.57 bits per heavy atom. The van der Waals surface area contributed by atoms with Crippen molar-refractivity contribution in [3.63, 3.8) is 0 Å². The molecule has 70 valence electrons. The van der Waals surface area contributed by atoms with Crippen LogP contribution in [0.1, 0.15) is 5.82 Å². The quantitative estimate of drug-likeness (QED) is 0.499. The van der Waals surface area contributed by atoms with Gasteiger partial charge in [-0.25, -0.2) is 14.8 Å². The van der Waals surface area contributed by atoms with Crippen molar-refractivity contribution in [2.75, 3.05) is 0 Å². The summed E-state index contributed by atoms with van der Waals surface area (Å²) in [5.74, 6) is 0.658. The van der Waals surface area contributed by atoms with Gasteiger partial charge < -0.3 is 4.57 Å². The molecule has 14 heavy (non-hydrogen) atoms. The fourth-order valence-electron chi connectivity index (χ4n) is 1.36. The van der Waals surface area contributed by atoms with E-state index in [1.165, 1.54) is 6.08 Å². The highest BCUT2D eigenvalue weighted by atomic mass is 16.1. The lowest BCUT2D eigenvalue weighted by atomic mass is 10.4. The second-order valence-electron chi connectivity index (χ2n) is 2.98. The largest absolute Gasteiger partial charge is 0.346 e. The van der Waals surface area contributed by atoms with Crippen LogP contribution in [0.15, 0.2) is 17.4 Å². The van der Waals surface area contributed by atoms with E-state index in [4.69, 9.17) is 0 Å². The molecule has 2 aromatic rings. The van der Waals surface area contributed by atoms with Gasteiger partial charge in [-0.3, -0.25) is 0 Å². The van der Waals surface area contributed by atoms with Crippen LogP contribution >= 0.6 is 0 Å². The molecule has 0 N–H and O–H groups in total. The first-order chi connectivity index (χ1) is 6.72. The molecule has 5 heteroatoms. The second kappa shape index (κ2) is 3.05. The molecule has 0 amide bonds. The van der Waals surface area contributed by atoms with E-state index in [-0.39, 0.29) is 0 Å². The Labute approximate surface area is 80.1 Å². The van der Waals surface area contributed by atoms with E-state index in [1.54, 1.807) is 19.3 Å². The molecular weight excluding hydrogens is 180 g/mol. The Kier molecular flexibility index (Phi) is 1.87. The van der Waals surface area contributed by atoms with Crippen LogP contribution in [-0.2, 0) is 11.8 Å². The summed E-state index contributed by atoms with van der Waals surface area (Å²) in [6.07, 6.45) is 4.95. The predicted molar refractivity (Wildman–Crippen MR) is 51.0 cm³/mol. The average molecular weight is 188 g/mol. The Morgan fingerprint density at radius 3 is 3.07 bits per heavy atom. The van der Waals surface area contributed by atoms with Gasteiger partial charge in [-0.2, -0.15) is 4.99 Å². The van der Waals surface area contributed by atoms with Gasteiger partial charge in [0.25, 0.3) is 0 Å². The average Bonchev–Trinajstić information content (AvgIpc) is 2.44. The van der Waals surface area contributed by atoms with Gasteiger partial charge in [-0.1, -0.05) is 0 Å². The minimum absolute atomic E-state index is 0.531. The number of aryl methyl sites for hydroxylation is 2. The van der Waals surface area contributed by atoms with E-state index < -0.39 is 0 Å². The molecule has 2 rings (SSSR count). The van der Waals surface area contributed by atoms with Crippen molar-refractivity contribution in [3.05, 3.63) is 18.2 Å². The molecule has 0 bridgehead atoms. The number of fused-ring (bicyclic) bond motifs is 1. The predicted octanol–water partition coefficient (Wildman–Crippen LogP) is 1.24. The number of isocyanates is 1. The maximum atomic E-state index is 10.2. The third kappa shape index (κ3) is 1.20. The van der Waals surface area contributed by atoms with Crippen LogP contribution in [0, 0.1) is 6.92 Å². The topological polar surface area (TPSA) is 60.1 Å². The third-order valence-electron chi connectivity index (χ3n) is 1.99. The summed E-state index contributed by atoms with van der Waals surface area (Å²) in [6.45, 7) is 1.79. The second-order valence-corrected chi connectivity index (χ2v) is 2.98. The first-order valence-corrected chi connectivity index (χ1v) is 4.09. The standard InChI is InChI=1S/C9H8N4O/c1-6-10-3-8-9(12-6)7(11-5-14)4-13(8)2/h3-4H,1-2H3. The lowest BCUT2D eigenvalue weighted by Gasteiger charge is -1.94. The zero-order valence-corrected chi connectivity index (χ0v) is 7.85. The zero-order chi connectivity index (χ0) is 10.1. The summed E-state index contributed by atoms with van der Waals surface area (Å²) in [5, 5.41) is 0. The molecule has 0 aliphatic rings. The van der Waals surface area contributed by atoms with Gasteiger partial charge in [-0.15, -0.1) is 0 Å². The van der Waals surface area contributed by atoms with Crippen molar-refractivity contribution in [1.29, 1.82) is 0 Å². The summed E-state index contributed by atoms with van der Waals surface area (Å²) in [6, 6.07) is 0. The number of carbonyl (C=O) groups excluding carboxylic acids is 1. The van der Waals surface area contributed by atoms with E-state index in [1.807, 2.05) is 11.6 Å². The maximum absolute atomic E-state index is 10.2. The summed E-state index contributed by atoms with van der Waals surface area (Å²) in [4.78, 5) is 22.0. The summed E-state index contributed by atoms with van der Waals surface area (Å²) < 4.78 is 1.82. The van der Waals surface area contributed by atoms with Gasteiger partial charge in [0.05, 0.1) is 11.7 Å². The highest BCUT2D eigenvalue weighted by molar-refractivity contribution is 5.87. The normalized spacial score (nSPS) is 10.1. The summed E-state index contributed by atoms with van der Waals surface area (Å²) in [5.41, 5.74) is 2.07. The Bertz CT molecular complexity index is 537.